The Morgan fingerprint density at radius 3 is 2.43 bits per heavy atom. The van der Waals surface area contributed by atoms with E-state index in [0.717, 1.165) is 25.0 Å². The van der Waals surface area contributed by atoms with E-state index in [1.165, 1.54) is 6.92 Å². The molecule has 0 saturated heterocycles. The van der Waals surface area contributed by atoms with Gasteiger partial charge in [-0.25, -0.2) is 0 Å². The fourth-order valence-corrected chi connectivity index (χ4v) is 2.19. The highest BCUT2D eigenvalue weighted by Gasteiger charge is 2.30. The first kappa shape index (κ1) is 18.5. The summed E-state index contributed by atoms with van der Waals surface area (Å²) in [5, 5.41) is 21.1. The van der Waals surface area contributed by atoms with Crippen LogP contribution in [0.4, 0.5) is 5.69 Å². The number of carbonyl (C=O) groups excluding carboxylic acids is 2. The summed E-state index contributed by atoms with van der Waals surface area (Å²) in [4.78, 5) is 35.0. The number of nitro groups is 1. The van der Waals surface area contributed by atoms with Crippen LogP contribution in [0.3, 0.4) is 0 Å². The van der Waals surface area contributed by atoms with Gasteiger partial charge in [0.1, 0.15) is 11.3 Å². The van der Waals surface area contributed by atoms with Crippen LogP contribution >= 0.6 is 0 Å². The smallest absolute Gasteiger partial charge is 0.281 e. The summed E-state index contributed by atoms with van der Waals surface area (Å²) < 4.78 is 0. The van der Waals surface area contributed by atoms with Crippen LogP contribution in [0.25, 0.3) is 0 Å². The Kier molecular flexibility index (Phi) is 6.59. The zero-order valence-electron chi connectivity index (χ0n) is 13.0. The molecule has 0 aliphatic heterocycles. The van der Waals surface area contributed by atoms with Gasteiger partial charge in [0.05, 0.1) is 10.5 Å². The SMILES string of the molecule is C=C(C)C(=O)c1c([N+](=O)[O-])ccc(O)c1C(=O)CCCCCN. The van der Waals surface area contributed by atoms with Crippen molar-refractivity contribution in [1.29, 1.82) is 0 Å². The molecule has 124 valence electrons. The van der Waals surface area contributed by atoms with Crippen molar-refractivity contribution >= 4 is 17.3 Å². The van der Waals surface area contributed by atoms with E-state index in [-0.39, 0.29) is 17.6 Å². The quantitative estimate of drug-likeness (QED) is 0.237. The molecule has 0 atom stereocenters. The number of hydrogen-bond donors (Lipinski definition) is 2. The number of ketones is 2. The van der Waals surface area contributed by atoms with Gasteiger partial charge in [-0.2, -0.15) is 0 Å². The molecule has 0 fully saturated rings. The van der Waals surface area contributed by atoms with E-state index < -0.39 is 33.5 Å². The second-order valence-corrected chi connectivity index (χ2v) is 5.24. The molecule has 0 heterocycles. The van der Waals surface area contributed by atoms with Gasteiger partial charge in [-0.3, -0.25) is 19.7 Å². The molecular weight excluding hydrogens is 300 g/mol. The van der Waals surface area contributed by atoms with E-state index in [1.807, 2.05) is 0 Å². The number of aromatic hydroxyl groups is 1. The van der Waals surface area contributed by atoms with E-state index in [1.54, 1.807) is 0 Å². The lowest BCUT2D eigenvalue weighted by Gasteiger charge is -2.10. The molecule has 0 spiro atoms. The first-order valence-corrected chi connectivity index (χ1v) is 7.25. The second-order valence-electron chi connectivity index (χ2n) is 5.24. The molecule has 0 aliphatic carbocycles. The van der Waals surface area contributed by atoms with Gasteiger partial charge in [-0.15, -0.1) is 0 Å². The Morgan fingerprint density at radius 2 is 1.91 bits per heavy atom. The summed E-state index contributed by atoms with van der Waals surface area (Å²) in [5.74, 6) is -1.67. The minimum Gasteiger partial charge on any atom is -0.507 e. The Labute approximate surface area is 134 Å². The molecule has 0 amide bonds. The number of phenolic OH excluding ortho intramolecular Hbond substituents is 1. The molecule has 0 bridgehead atoms. The Balaban J connectivity index is 3.31. The van der Waals surface area contributed by atoms with Crippen LogP contribution in [0.1, 0.15) is 53.3 Å². The topological polar surface area (TPSA) is 124 Å². The van der Waals surface area contributed by atoms with Gasteiger partial charge >= 0.3 is 0 Å². The van der Waals surface area contributed by atoms with Crippen LogP contribution in [-0.2, 0) is 0 Å². The van der Waals surface area contributed by atoms with Crippen molar-refractivity contribution in [3.63, 3.8) is 0 Å². The molecule has 7 heteroatoms. The number of nitrogens with two attached hydrogens (primary N) is 1. The number of allylic oxidation sites excluding steroid dienone is 1. The number of nitro benzene ring substituents is 1. The van der Waals surface area contributed by atoms with Gasteiger partial charge < -0.3 is 10.8 Å². The van der Waals surface area contributed by atoms with Crippen molar-refractivity contribution < 1.29 is 19.6 Å². The van der Waals surface area contributed by atoms with Crippen LogP contribution in [-0.4, -0.2) is 28.1 Å². The van der Waals surface area contributed by atoms with Crippen molar-refractivity contribution in [2.45, 2.75) is 32.6 Å². The number of Topliss-reactive ketones (excluding diaryl/α,β-unsaturated/α-hetero) is 2. The van der Waals surface area contributed by atoms with Gasteiger partial charge in [0.2, 0.25) is 0 Å². The van der Waals surface area contributed by atoms with E-state index in [0.29, 0.717) is 13.0 Å². The summed E-state index contributed by atoms with van der Waals surface area (Å²) in [6.45, 7) is 5.37. The minimum atomic E-state index is -0.749. The summed E-state index contributed by atoms with van der Waals surface area (Å²) in [7, 11) is 0. The lowest BCUT2D eigenvalue weighted by Crippen LogP contribution is -2.13. The largest absolute Gasteiger partial charge is 0.507 e. The fourth-order valence-electron chi connectivity index (χ4n) is 2.19. The maximum absolute atomic E-state index is 12.4. The van der Waals surface area contributed by atoms with Gasteiger partial charge in [0.15, 0.2) is 11.6 Å². The van der Waals surface area contributed by atoms with Gasteiger partial charge in [-0.05, 0) is 37.9 Å². The average Bonchev–Trinajstić information content (AvgIpc) is 2.49. The highest BCUT2D eigenvalue weighted by Crippen LogP contribution is 2.32. The number of rotatable bonds is 9. The Bertz CT molecular complexity index is 652. The molecule has 7 nitrogen and oxygen atoms in total. The maximum atomic E-state index is 12.4. The predicted octanol–water partition coefficient (Wildman–Crippen LogP) is 2.76. The summed E-state index contributed by atoms with van der Waals surface area (Å²) in [6, 6.07) is 2.07. The molecule has 0 radical (unpaired) electrons. The maximum Gasteiger partial charge on any atom is 0.281 e. The third kappa shape index (κ3) is 4.46. The molecule has 0 aliphatic rings. The number of benzene rings is 1. The fraction of sp³-hybridized carbons (Fsp3) is 0.375. The van der Waals surface area contributed by atoms with Gasteiger partial charge in [0.25, 0.3) is 5.69 Å². The van der Waals surface area contributed by atoms with Crippen molar-refractivity contribution in [2.24, 2.45) is 5.73 Å². The third-order valence-corrected chi connectivity index (χ3v) is 3.36. The molecule has 0 aromatic heterocycles. The van der Waals surface area contributed by atoms with Crippen LogP contribution in [0.15, 0.2) is 24.3 Å². The average molecular weight is 320 g/mol. The van der Waals surface area contributed by atoms with E-state index in [9.17, 15) is 24.8 Å². The summed E-state index contributed by atoms with van der Waals surface area (Å²) in [5.41, 5.74) is 4.21. The minimum absolute atomic E-state index is 0.0517. The molecule has 1 aromatic rings. The van der Waals surface area contributed by atoms with Gasteiger partial charge in [-0.1, -0.05) is 13.0 Å². The number of unbranched alkanes of at least 4 members (excludes halogenated alkanes) is 2. The first-order chi connectivity index (χ1) is 10.8. The van der Waals surface area contributed by atoms with Crippen molar-refractivity contribution in [3.8, 4) is 5.75 Å². The monoisotopic (exact) mass is 320 g/mol. The van der Waals surface area contributed by atoms with Crippen molar-refractivity contribution in [1.82, 2.24) is 0 Å². The van der Waals surface area contributed by atoms with Crippen molar-refractivity contribution in [3.05, 3.63) is 45.5 Å². The van der Waals surface area contributed by atoms with Crippen molar-refractivity contribution in [2.75, 3.05) is 6.54 Å². The zero-order chi connectivity index (χ0) is 17.6. The van der Waals surface area contributed by atoms with E-state index in [4.69, 9.17) is 5.73 Å². The lowest BCUT2D eigenvalue weighted by molar-refractivity contribution is -0.385. The number of phenols is 1. The van der Waals surface area contributed by atoms with Crippen LogP contribution < -0.4 is 5.73 Å². The molecule has 0 unspecified atom stereocenters. The lowest BCUT2D eigenvalue weighted by atomic mass is 9.92. The predicted molar refractivity (Wildman–Crippen MR) is 85.8 cm³/mol. The zero-order valence-corrected chi connectivity index (χ0v) is 13.0. The molecule has 1 rings (SSSR count). The summed E-state index contributed by atoms with van der Waals surface area (Å²) >= 11 is 0. The van der Waals surface area contributed by atoms with Crippen LogP contribution in [0.2, 0.25) is 0 Å². The normalized spacial score (nSPS) is 10.3. The Hall–Kier alpha value is -2.54. The standard InChI is InChI=1S/C16H20N2O5/c1-10(2)16(21)14-11(18(22)23)7-8-13(20)15(14)12(19)6-4-3-5-9-17/h7-8,20H,1,3-6,9,17H2,2H3. The highest BCUT2D eigenvalue weighted by molar-refractivity contribution is 6.18. The molecule has 23 heavy (non-hydrogen) atoms. The molecule has 0 saturated carbocycles. The second kappa shape index (κ2) is 8.19. The highest BCUT2D eigenvalue weighted by atomic mass is 16.6. The number of hydrogen-bond acceptors (Lipinski definition) is 6. The molecule has 3 N–H and O–H groups in total. The Morgan fingerprint density at radius 1 is 1.26 bits per heavy atom. The number of carbonyl (C=O) groups is 2. The van der Waals surface area contributed by atoms with Crippen LogP contribution in [0.5, 0.6) is 5.75 Å². The number of nitrogens with zero attached hydrogens (tertiary/aromatic N) is 1. The van der Waals surface area contributed by atoms with E-state index >= 15 is 0 Å². The first-order valence-electron chi connectivity index (χ1n) is 7.25. The van der Waals surface area contributed by atoms with Gasteiger partial charge in [0, 0.05) is 12.5 Å². The summed E-state index contributed by atoms with van der Waals surface area (Å²) in [6.07, 6.45) is 2.08. The third-order valence-electron chi connectivity index (χ3n) is 3.36. The molecular formula is C16H20N2O5. The van der Waals surface area contributed by atoms with E-state index in [2.05, 4.69) is 6.58 Å². The molecule has 1 aromatic carbocycles. The van der Waals surface area contributed by atoms with Crippen LogP contribution in [0, 0.1) is 10.1 Å².